The van der Waals surface area contributed by atoms with Gasteiger partial charge < -0.3 is 14.8 Å². The molecule has 94 valence electrons. The monoisotopic (exact) mass is 235 g/mol. The molecular weight excluding hydrogens is 214 g/mol. The molecule has 3 nitrogen and oxygen atoms in total. The second-order valence-electron chi connectivity index (χ2n) is 4.40. The molecule has 1 aliphatic rings. The van der Waals surface area contributed by atoms with Gasteiger partial charge >= 0.3 is 0 Å². The summed E-state index contributed by atoms with van der Waals surface area (Å²) in [4.78, 5) is 0. The first-order valence-corrected chi connectivity index (χ1v) is 6.36. The molecule has 0 bridgehead atoms. The van der Waals surface area contributed by atoms with Gasteiger partial charge in [0, 0.05) is 13.1 Å². The molecule has 1 fully saturated rings. The predicted molar refractivity (Wildman–Crippen MR) is 67.8 cm³/mol. The summed E-state index contributed by atoms with van der Waals surface area (Å²) < 4.78 is 10.6. The molecule has 1 saturated heterocycles. The van der Waals surface area contributed by atoms with Crippen LogP contribution in [0.3, 0.4) is 0 Å². The highest BCUT2D eigenvalue weighted by Gasteiger charge is 2.12. The lowest BCUT2D eigenvalue weighted by molar-refractivity contribution is -0.137. The van der Waals surface area contributed by atoms with E-state index in [-0.39, 0.29) is 0 Å². The number of ether oxygens (including phenoxy) is 2. The first-order valence-electron chi connectivity index (χ1n) is 6.36. The largest absolute Gasteiger partial charge is 0.355 e. The van der Waals surface area contributed by atoms with Crippen LogP contribution in [0.2, 0.25) is 0 Å². The van der Waals surface area contributed by atoms with Gasteiger partial charge in [0.15, 0.2) is 0 Å². The summed E-state index contributed by atoms with van der Waals surface area (Å²) in [5.74, 6) is 0. The molecule has 0 aromatic heterocycles. The lowest BCUT2D eigenvalue weighted by Gasteiger charge is -2.23. The Morgan fingerprint density at radius 2 is 2.00 bits per heavy atom. The van der Waals surface area contributed by atoms with Gasteiger partial charge in [-0.2, -0.15) is 0 Å². The first-order chi connectivity index (χ1) is 8.38. The molecule has 1 aliphatic heterocycles. The second-order valence-corrected chi connectivity index (χ2v) is 4.40. The Balaban J connectivity index is 1.69. The van der Waals surface area contributed by atoms with Crippen LogP contribution in [0.1, 0.15) is 24.5 Å². The zero-order valence-corrected chi connectivity index (χ0v) is 10.4. The molecule has 1 aromatic carbocycles. The fourth-order valence-electron chi connectivity index (χ4n) is 1.93. The van der Waals surface area contributed by atoms with E-state index in [1.54, 1.807) is 0 Å². The van der Waals surface area contributed by atoms with Crippen molar-refractivity contribution in [1.29, 1.82) is 0 Å². The van der Waals surface area contributed by atoms with Crippen LogP contribution in [0.4, 0.5) is 0 Å². The van der Waals surface area contributed by atoms with Gasteiger partial charge in [0.1, 0.15) is 6.79 Å². The quantitative estimate of drug-likeness (QED) is 0.848. The number of aryl methyl sites for hydroxylation is 1. The Morgan fingerprint density at radius 3 is 2.65 bits per heavy atom. The van der Waals surface area contributed by atoms with Crippen LogP contribution in [-0.4, -0.2) is 26.0 Å². The smallest absolute Gasteiger partial charge is 0.147 e. The Bertz CT molecular complexity index is 317. The molecule has 1 N–H and O–H groups in total. The minimum absolute atomic E-state index is 0.304. The van der Waals surface area contributed by atoms with E-state index in [0.717, 1.165) is 32.5 Å². The number of hydrogen-bond acceptors (Lipinski definition) is 3. The molecule has 2 rings (SSSR count). The average Bonchev–Trinajstić information content (AvgIpc) is 2.41. The highest BCUT2D eigenvalue weighted by atomic mass is 16.7. The molecule has 0 spiro atoms. The van der Waals surface area contributed by atoms with Crippen LogP contribution in [0.15, 0.2) is 24.3 Å². The third-order valence-corrected chi connectivity index (χ3v) is 3.10. The minimum Gasteiger partial charge on any atom is -0.355 e. The number of nitrogens with one attached hydrogen (secondary N) is 1. The predicted octanol–water partition coefficient (Wildman–Crippen LogP) is 2.10. The topological polar surface area (TPSA) is 30.5 Å². The number of hydrogen-bond donors (Lipinski definition) is 1. The van der Waals surface area contributed by atoms with Gasteiger partial charge in [-0.3, -0.25) is 0 Å². The molecule has 0 aliphatic carbocycles. The molecule has 17 heavy (non-hydrogen) atoms. The first kappa shape index (κ1) is 12.6. The van der Waals surface area contributed by atoms with Crippen molar-refractivity contribution < 1.29 is 9.47 Å². The highest BCUT2D eigenvalue weighted by molar-refractivity contribution is 5.22. The van der Waals surface area contributed by atoms with Gasteiger partial charge in [0.05, 0.1) is 12.7 Å². The van der Waals surface area contributed by atoms with E-state index in [1.807, 2.05) is 0 Å². The molecule has 1 aromatic rings. The zero-order valence-electron chi connectivity index (χ0n) is 10.4. The normalized spacial score (nSPS) is 20.4. The Hall–Kier alpha value is -0.900. The summed E-state index contributed by atoms with van der Waals surface area (Å²) in [6.07, 6.45) is 2.39. The van der Waals surface area contributed by atoms with Gasteiger partial charge in [-0.15, -0.1) is 0 Å². The lowest BCUT2D eigenvalue weighted by atomic mass is 10.1. The zero-order chi connectivity index (χ0) is 11.9. The van der Waals surface area contributed by atoms with E-state index in [0.29, 0.717) is 12.9 Å². The fraction of sp³-hybridized carbons (Fsp3) is 0.571. The summed E-state index contributed by atoms with van der Waals surface area (Å²) in [6.45, 7) is 5.24. The van der Waals surface area contributed by atoms with Crippen molar-refractivity contribution in [2.75, 3.05) is 19.9 Å². The van der Waals surface area contributed by atoms with E-state index in [1.165, 1.54) is 11.1 Å². The van der Waals surface area contributed by atoms with Gasteiger partial charge in [-0.1, -0.05) is 31.2 Å². The average molecular weight is 235 g/mol. The van der Waals surface area contributed by atoms with Crippen LogP contribution >= 0.6 is 0 Å². The number of benzene rings is 1. The van der Waals surface area contributed by atoms with Crippen molar-refractivity contribution in [2.45, 2.75) is 32.4 Å². The molecule has 1 heterocycles. The summed E-state index contributed by atoms with van der Waals surface area (Å²) in [5, 5.41) is 3.43. The molecule has 1 atom stereocenters. The maximum atomic E-state index is 5.47. The summed E-state index contributed by atoms with van der Waals surface area (Å²) in [7, 11) is 0. The highest BCUT2D eigenvalue weighted by Crippen LogP contribution is 2.07. The number of rotatable bonds is 5. The van der Waals surface area contributed by atoms with E-state index in [4.69, 9.17) is 9.47 Å². The van der Waals surface area contributed by atoms with Crippen molar-refractivity contribution in [3.63, 3.8) is 0 Å². The van der Waals surface area contributed by atoms with Crippen LogP contribution in [0, 0.1) is 0 Å². The van der Waals surface area contributed by atoms with Gasteiger partial charge in [0.25, 0.3) is 0 Å². The van der Waals surface area contributed by atoms with Crippen LogP contribution in [0.25, 0.3) is 0 Å². The summed E-state index contributed by atoms with van der Waals surface area (Å²) >= 11 is 0. The van der Waals surface area contributed by atoms with Crippen LogP contribution in [-0.2, 0) is 22.4 Å². The van der Waals surface area contributed by atoms with E-state index < -0.39 is 0 Å². The van der Waals surface area contributed by atoms with Gasteiger partial charge in [-0.25, -0.2) is 0 Å². The van der Waals surface area contributed by atoms with E-state index >= 15 is 0 Å². The maximum Gasteiger partial charge on any atom is 0.147 e. The van der Waals surface area contributed by atoms with Gasteiger partial charge in [-0.05, 0) is 24.0 Å². The van der Waals surface area contributed by atoms with Gasteiger partial charge in [0.2, 0.25) is 0 Å². The summed E-state index contributed by atoms with van der Waals surface area (Å²) in [6, 6.07) is 8.78. The second kappa shape index (κ2) is 6.74. The third-order valence-electron chi connectivity index (χ3n) is 3.10. The third kappa shape index (κ3) is 4.11. The van der Waals surface area contributed by atoms with Crippen molar-refractivity contribution in [3.05, 3.63) is 35.4 Å². The van der Waals surface area contributed by atoms with E-state index in [2.05, 4.69) is 36.5 Å². The Labute approximate surface area is 103 Å². The minimum atomic E-state index is 0.304. The summed E-state index contributed by atoms with van der Waals surface area (Å²) in [5.41, 5.74) is 2.72. The molecule has 0 radical (unpaired) electrons. The standard InChI is InChI=1S/C14H21NO2/c1-2-12-3-5-13(6-4-12)9-15-10-14-7-8-16-11-17-14/h3-6,14-15H,2,7-11H2,1H3. The van der Waals surface area contributed by atoms with E-state index in [9.17, 15) is 0 Å². The van der Waals surface area contributed by atoms with Crippen molar-refractivity contribution in [3.8, 4) is 0 Å². The lowest BCUT2D eigenvalue weighted by Crippen LogP contribution is -2.33. The van der Waals surface area contributed by atoms with Crippen molar-refractivity contribution >= 4 is 0 Å². The SMILES string of the molecule is CCc1ccc(CNCC2CCOCO2)cc1. The Morgan fingerprint density at radius 1 is 1.24 bits per heavy atom. The fourth-order valence-corrected chi connectivity index (χ4v) is 1.93. The molecule has 1 unspecified atom stereocenters. The van der Waals surface area contributed by atoms with Crippen LogP contribution in [0.5, 0.6) is 0 Å². The molecule has 0 amide bonds. The van der Waals surface area contributed by atoms with Crippen LogP contribution < -0.4 is 5.32 Å². The van der Waals surface area contributed by atoms with Crippen molar-refractivity contribution in [2.24, 2.45) is 0 Å². The Kier molecular flexibility index (Phi) is 4.98. The molecule has 0 saturated carbocycles. The molecular formula is C14H21NO2. The molecule has 3 heteroatoms. The maximum absolute atomic E-state index is 5.47. The van der Waals surface area contributed by atoms with Crippen molar-refractivity contribution in [1.82, 2.24) is 5.32 Å².